The van der Waals surface area contributed by atoms with Gasteiger partial charge in [0.2, 0.25) is 0 Å². The number of carboxylic acids is 1. The zero-order chi connectivity index (χ0) is 18.8. The zero-order valence-electron chi connectivity index (χ0n) is 14.6. The Morgan fingerprint density at radius 2 is 1.89 bits per heavy atom. The first kappa shape index (κ1) is 16.8. The predicted molar refractivity (Wildman–Crippen MR) is 105 cm³/mol. The van der Waals surface area contributed by atoms with Crippen molar-refractivity contribution in [2.45, 2.75) is 12.8 Å². The lowest BCUT2D eigenvalue weighted by atomic mass is 10.0. The van der Waals surface area contributed by atoms with Gasteiger partial charge in [-0.25, -0.2) is 14.8 Å². The summed E-state index contributed by atoms with van der Waals surface area (Å²) in [5.41, 5.74) is 10.2. The van der Waals surface area contributed by atoms with Gasteiger partial charge in [-0.2, -0.15) is 0 Å². The van der Waals surface area contributed by atoms with Gasteiger partial charge in [-0.3, -0.25) is 0 Å². The van der Waals surface area contributed by atoms with Crippen LogP contribution < -0.4 is 16.0 Å². The number of nitrogens with one attached hydrogen (secondary N) is 1. The number of fused-ring (bicyclic) bond motifs is 1. The summed E-state index contributed by atoms with van der Waals surface area (Å²) in [6, 6.07) is 14.7. The van der Waals surface area contributed by atoms with Crippen molar-refractivity contribution >= 4 is 34.7 Å². The summed E-state index contributed by atoms with van der Waals surface area (Å²) in [6.45, 7) is 0.838. The summed E-state index contributed by atoms with van der Waals surface area (Å²) < 4.78 is 0. The third kappa shape index (κ3) is 3.27. The van der Waals surface area contributed by atoms with Crippen molar-refractivity contribution in [2.75, 3.05) is 22.5 Å². The third-order valence-corrected chi connectivity index (χ3v) is 4.62. The van der Waals surface area contributed by atoms with Crippen LogP contribution in [0.4, 0.5) is 28.7 Å². The Bertz CT molecular complexity index is 988. The predicted octanol–water partition coefficient (Wildman–Crippen LogP) is 3.58. The van der Waals surface area contributed by atoms with Crippen LogP contribution in [-0.2, 0) is 6.42 Å². The Morgan fingerprint density at radius 1 is 1.11 bits per heavy atom. The van der Waals surface area contributed by atoms with Gasteiger partial charge in [0.1, 0.15) is 12.0 Å². The lowest BCUT2D eigenvalue weighted by Gasteiger charge is -2.31. The molecule has 4 N–H and O–H groups in total. The van der Waals surface area contributed by atoms with Crippen LogP contribution >= 0.6 is 0 Å². The number of nitrogen functional groups attached to an aromatic ring is 1. The molecule has 0 fully saturated rings. The Morgan fingerprint density at radius 3 is 2.67 bits per heavy atom. The second-order valence-corrected chi connectivity index (χ2v) is 6.35. The highest BCUT2D eigenvalue weighted by molar-refractivity contribution is 5.88. The fraction of sp³-hybridized carbons (Fsp3) is 0.150. The molecule has 7 heteroatoms. The molecule has 0 aliphatic carbocycles. The average molecular weight is 361 g/mol. The first-order valence-electron chi connectivity index (χ1n) is 8.70. The minimum atomic E-state index is -0.964. The molecule has 0 unspecified atom stereocenters. The molecule has 0 amide bonds. The van der Waals surface area contributed by atoms with E-state index in [0.29, 0.717) is 23.0 Å². The van der Waals surface area contributed by atoms with Crippen molar-refractivity contribution in [1.29, 1.82) is 0 Å². The summed E-state index contributed by atoms with van der Waals surface area (Å²) in [5, 5.41) is 12.1. The van der Waals surface area contributed by atoms with Crippen molar-refractivity contribution < 1.29 is 9.90 Å². The van der Waals surface area contributed by atoms with E-state index in [4.69, 9.17) is 10.8 Å². The molecule has 136 valence electrons. The average Bonchev–Trinajstić information content (AvgIpc) is 2.70. The van der Waals surface area contributed by atoms with Crippen LogP contribution in [-0.4, -0.2) is 27.6 Å². The Labute approximate surface area is 156 Å². The van der Waals surface area contributed by atoms with E-state index in [2.05, 4.69) is 32.3 Å². The molecule has 0 radical (unpaired) electrons. The van der Waals surface area contributed by atoms with Crippen LogP contribution in [0.1, 0.15) is 22.3 Å². The van der Waals surface area contributed by atoms with Gasteiger partial charge in [0.05, 0.1) is 5.56 Å². The molecule has 0 spiro atoms. The van der Waals surface area contributed by atoms with Crippen molar-refractivity contribution in [3.8, 4) is 0 Å². The maximum atomic E-state index is 11.0. The molecule has 3 aromatic rings. The lowest BCUT2D eigenvalue weighted by molar-refractivity contribution is 0.0697. The van der Waals surface area contributed by atoms with Crippen LogP contribution in [0.2, 0.25) is 0 Å². The standard InChI is InChI=1S/C20H19N5O2/c21-17-18(24-15-9-7-14(8-10-15)20(26)27)22-12-23-19(17)25-11-3-5-13-4-1-2-6-16(13)25/h1-2,4,6-10,12H,3,5,11,21H2,(H,26,27)(H,22,23,24). The van der Waals surface area contributed by atoms with Crippen LogP contribution in [0.3, 0.4) is 0 Å². The second kappa shape index (κ2) is 6.95. The Kier molecular flexibility index (Phi) is 4.33. The highest BCUT2D eigenvalue weighted by atomic mass is 16.4. The highest BCUT2D eigenvalue weighted by Crippen LogP contribution is 2.37. The fourth-order valence-corrected chi connectivity index (χ4v) is 3.29. The number of anilines is 5. The number of hydrogen-bond donors (Lipinski definition) is 3. The SMILES string of the molecule is Nc1c(Nc2ccc(C(=O)O)cc2)ncnc1N1CCCc2ccccc21. The molecule has 1 aliphatic rings. The number of benzene rings is 2. The number of para-hydroxylation sites is 1. The van der Waals surface area contributed by atoms with Crippen LogP contribution in [0.5, 0.6) is 0 Å². The molecule has 0 bridgehead atoms. The van der Waals surface area contributed by atoms with Crippen molar-refractivity contribution in [3.63, 3.8) is 0 Å². The van der Waals surface area contributed by atoms with Gasteiger partial charge in [0.25, 0.3) is 0 Å². The summed E-state index contributed by atoms with van der Waals surface area (Å²) in [5.74, 6) is 0.196. The van der Waals surface area contributed by atoms with E-state index >= 15 is 0 Å². The van der Waals surface area contributed by atoms with E-state index in [1.54, 1.807) is 12.1 Å². The van der Waals surface area contributed by atoms with Gasteiger partial charge >= 0.3 is 5.97 Å². The molecule has 2 aromatic carbocycles. The summed E-state index contributed by atoms with van der Waals surface area (Å²) in [7, 11) is 0. The molecular formula is C20H19N5O2. The van der Waals surface area contributed by atoms with Gasteiger partial charge in [-0.1, -0.05) is 18.2 Å². The largest absolute Gasteiger partial charge is 0.478 e. The summed E-state index contributed by atoms with van der Waals surface area (Å²) in [4.78, 5) is 21.8. The van der Waals surface area contributed by atoms with Gasteiger partial charge in [-0.05, 0) is 48.7 Å². The van der Waals surface area contributed by atoms with E-state index in [1.807, 2.05) is 12.1 Å². The Hall–Kier alpha value is -3.61. The molecule has 27 heavy (non-hydrogen) atoms. The molecule has 0 saturated carbocycles. The number of aryl methyl sites for hydroxylation is 1. The molecule has 2 heterocycles. The van der Waals surface area contributed by atoms with E-state index in [0.717, 1.165) is 25.1 Å². The maximum absolute atomic E-state index is 11.0. The normalized spacial score (nSPS) is 13.1. The maximum Gasteiger partial charge on any atom is 0.335 e. The van der Waals surface area contributed by atoms with E-state index in [9.17, 15) is 4.79 Å². The quantitative estimate of drug-likeness (QED) is 0.652. The van der Waals surface area contributed by atoms with E-state index < -0.39 is 5.97 Å². The monoisotopic (exact) mass is 361 g/mol. The third-order valence-electron chi connectivity index (χ3n) is 4.62. The van der Waals surface area contributed by atoms with Crippen molar-refractivity contribution in [2.24, 2.45) is 0 Å². The smallest absolute Gasteiger partial charge is 0.335 e. The van der Waals surface area contributed by atoms with Crippen LogP contribution in [0.25, 0.3) is 0 Å². The number of nitrogens with zero attached hydrogens (tertiary/aromatic N) is 3. The number of carbonyl (C=O) groups is 1. The van der Waals surface area contributed by atoms with E-state index in [-0.39, 0.29) is 5.56 Å². The van der Waals surface area contributed by atoms with Gasteiger partial charge in [0.15, 0.2) is 11.6 Å². The molecular weight excluding hydrogens is 342 g/mol. The number of aromatic carboxylic acids is 1. The Balaban J connectivity index is 1.65. The van der Waals surface area contributed by atoms with Crippen LogP contribution in [0.15, 0.2) is 54.9 Å². The fourth-order valence-electron chi connectivity index (χ4n) is 3.29. The second-order valence-electron chi connectivity index (χ2n) is 6.35. The highest BCUT2D eigenvalue weighted by Gasteiger charge is 2.22. The zero-order valence-corrected chi connectivity index (χ0v) is 14.6. The number of nitrogens with two attached hydrogens (primary N) is 1. The van der Waals surface area contributed by atoms with Gasteiger partial charge in [0, 0.05) is 17.9 Å². The lowest BCUT2D eigenvalue weighted by Crippen LogP contribution is -2.26. The minimum Gasteiger partial charge on any atom is -0.478 e. The number of rotatable bonds is 4. The summed E-state index contributed by atoms with van der Waals surface area (Å²) in [6.07, 6.45) is 3.55. The van der Waals surface area contributed by atoms with Crippen molar-refractivity contribution in [3.05, 3.63) is 66.0 Å². The van der Waals surface area contributed by atoms with E-state index in [1.165, 1.54) is 24.0 Å². The van der Waals surface area contributed by atoms with Crippen LogP contribution in [0, 0.1) is 0 Å². The minimum absolute atomic E-state index is 0.224. The molecule has 1 aromatic heterocycles. The topological polar surface area (TPSA) is 104 Å². The molecule has 1 aliphatic heterocycles. The number of aromatic nitrogens is 2. The number of carboxylic acid groups (broad SMARTS) is 1. The van der Waals surface area contributed by atoms with Crippen molar-refractivity contribution in [1.82, 2.24) is 9.97 Å². The molecule has 4 rings (SSSR count). The summed E-state index contributed by atoms with van der Waals surface area (Å²) >= 11 is 0. The first-order valence-corrected chi connectivity index (χ1v) is 8.70. The molecule has 0 atom stereocenters. The molecule has 7 nitrogen and oxygen atoms in total. The molecule has 0 saturated heterocycles. The number of hydrogen-bond acceptors (Lipinski definition) is 6. The first-order chi connectivity index (χ1) is 13.1. The van der Waals surface area contributed by atoms with Gasteiger partial charge in [-0.15, -0.1) is 0 Å². The van der Waals surface area contributed by atoms with Gasteiger partial charge < -0.3 is 21.1 Å².